The second kappa shape index (κ2) is 6.36. The van der Waals surface area contributed by atoms with Crippen molar-refractivity contribution in [1.82, 2.24) is 0 Å². The summed E-state index contributed by atoms with van der Waals surface area (Å²) in [5.74, 6) is -0.725. The topological polar surface area (TPSA) is 55.4 Å². The molecular formula is C14H14FNO3S2. The predicted molar refractivity (Wildman–Crippen MR) is 82.0 cm³/mol. The fourth-order valence-corrected chi connectivity index (χ4v) is 3.45. The van der Waals surface area contributed by atoms with E-state index in [4.69, 9.17) is 4.74 Å². The molecule has 0 radical (unpaired) electrons. The maximum Gasteiger partial charge on any atom is 0.262 e. The van der Waals surface area contributed by atoms with Crippen molar-refractivity contribution in [2.24, 2.45) is 0 Å². The van der Waals surface area contributed by atoms with E-state index in [1.165, 1.54) is 24.9 Å². The molecule has 0 aromatic heterocycles. The quantitative estimate of drug-likeness (QED) is 0.856. The highest BCUT2D eigenvalue weighted by Gasteiger charge is 2.18. The normalized spacial score (nSPS) is 11.2. The number of thioether (sulfide) groups is 1. The Bertz CT molecular complexity index is 748. The van der Waals surface area contributed by atoms with Gasteiger partial charge in [0.15, 0.2) is 11.6 Å². The molecule has 21 heavy (non-hydrogen) atoms. The number of hydrogen-bond acceptors (Lipinski definition) is 4. The van der Waals surface area contributed by atoms with Gasteiger partial charge in [-0.2, -0.15) is 0 Å². The van der Waals surface area contributed by atoms with Crippen LogP contribution in [0.3, 0.4) is 0 Å². The molecule has 0 aliphatic carbocycles. The van der Waals surface area contributed by atoms with E-state index in [-0.39, 0.29) is 10.6 Å². The Morgan fingerprint density at radius 3 is 2.57 bits per heavy atom. The molecule has 7 heteroatoms. The highest BCUT2D eigenvalue weighted by Crippen LogP contribution is 2.28. The van der Waals surface area contributed by atoms with E-state index < -0.39 is 15.8 Å². The summed E-state index contributed by atoms with van der Waals surface area (Å²) in [6.07, 6.45) is 1.86. The van der Waals surface area contributed by atoms with Gasteiger partial charge >= 0.3 is 0 Å². The second-order valence-corrected chi connectivity index (χ2v) is 6.63. The molecule has 0 fully saturated rings. The number of nitrogens with one attached hydrogen (secondary N) is 1. The molecule has 112 valence electrons. The van der Waals surface area contributed by atoms with Gasteiger partial charge in [0.1, 0.15) is 0 Å². The van der Waals surface area contributed by atoms with Gasteiger partial charge in [-0.1, -0.05) is 12.1 Å². The molecule has 0 bridgehead atoms. The minimum atomic E-state index is -3.81. The standard InChI is InChI=1S/C14H14FNO3S2/c1-19-13-9-10(7-8-11(13)15)21(17,18)16-12-5-3-4-6-14(12)20-2/h3-9,16H,1-2H3. The van der Waals surface area contributed by atoms with Crippen molar-refractivity contribution in [2.45, 2.75) is 9.79 Å². The zero-order valence-electron chi connectivity index (χ0n) is 11.5. The van der Waals surface area contributed by atoms with Crippen molar-refractivity contribution in [3.8, 4) is 5.75 Å². The summed E-state index contributed by atoms with van der Waals surface area (Å²) in [4.78, 5) is 0.742. The lowest BCUT2D eigenvalue weighted by Crippen LogP contribution is -2.13. The molecule has 0 heterocycles. The van der Waals surface area contributed by atoms with Gasteiger partial charge in [0.2, 0.25) is 0 Å². The zero-order chi connectivity index (χ0) is 15.5. The number of sulfonamides is 1. The van der Waals surface area contributed by atoms with Crippen LogP contribution in [0, 0.1) is 5.82 Å². The van der Waals surface area contributed by atoms with E-state index in [9.17, 15) is 12.8 Å². The van der Waals surface area contributed by atoms with Gasteiger partial charge in [-0.25, -0.2) is 12.8 Å². The predicted octanol–water partition coefficient (Wildman–Crippen LogP) is 3.36. The van der Waals surface area contributed by atoms with Crippen molar-refractivity contribution >= 4 is 27.5 Å². The summed E-state index contributed by atoms with van der Waals surface area (Å²) in [5, 5.41) is 0. The van der Waals surface area contributed by atoms with Crippen molar-refractivity contribution < 1.29 is 17.5 Å². The Balaban J connectivity index is 2.38. The number of hydrogen-bond donors (Lipinski definition) is 1. The highest BCUT2D eigenvalue weighted by molar-refractivity contribution is 7.99. The molecule has 4 nitrogen and oxygen atoms in total. The van der Waals surface area contributed by atoms with Crippen LogP contribution in [0.4, 0.5) is 10.1 Å². The highest BCUT2D eigenvalue weighted by atomic mass is 32.2. The van der Waals surface area contributed by atoms with Crippen LogP contribution in [-0.2, 0) is 10.0 Å². The van der Waals surface area contributed by atoms with Crippen LogP contribution in [0.5, 0.6) is 5.75 Å². The molecule has 2 aromatic rings. The Morgan fingerprint density at radius 2 is 1.90 bits per heavy atom. The van der Waals surface area contributed by atoms with Gasteiger partial charge < -0.3 is 4.74 Å². The average Bonchev–Trinajstić information content (AvgIpc) is 2.47. The molecule has 0 unspecified atom stereocenters. The molecule has 2 aromatic carbocycles. The van der Waals surface area contributed by atoms with E-state index in [0.717, 1.165) is 17.0 Å². The Labute approximate surface area is 127 Å². The fraction of sp³-hybridized carbons (Fsp3) is 0.143. The van der Waals surface area contributed by atoms with Crippen LogP contribution in [0.2, 0.25) is 0 Å². The minimum absolute atomic E-state index is 0.0587. The molecule has 0 spiro atoms. The summed E-state index contributed by atoms with van der Waals surface area (Å²) in [6, 6.07) is 10.5. The van der Waals surface area contributed by atoms with Crippen LogP contribution < -0.4 is 9.46 Å². The molecule has 0 aliphatic rings. The van der Waals surface area contributed by atoms with E-state index >= 15 is 0 Å². The number of para-hydroxylation sites is 1. The molecule has 0 aliphatic heterocycles. The Kier molecular flexibility index (Phi) is 4.74. The largest absolute Gasteiger partial charge is 0.494 e. The summed E-state index contributed by atoms with van der Waals surface area (Å²) in [7, 11) is -2.52. The maximum absolute atomic E-state index is 13.4. The second-order valence-electron chi connectivity index (χ2n) is 4.10. The summed E-state index contributed by atoms with van der Waals surface area (Å²) in [5.41, 5.74) is 0.480. The lowest BCUT2D eigenvalue weighted by atomic mass is 10.3. The summed E-state index contributed by atoms with van der Waals surface area (Å²) in [6.45, 7) is 0. The molecule has 0 atom stereocenters. The molecular weight excluding hydrogens is 313 g/mol. The van der Waals surface area contributed by atoms with Crippen molar-refractivity contribution in [3.05, 3.63) is 48.3 Å². The van der Waals surface area contributed by atoms with Crippen LogP contribution in [-0.4, -0.2) is 21.8 Å². The van der Waals surface area contributed by atoms with Crippen molar-refractivity contribution in [1.29, 1.82) is 0 Å². The summed E-state index contributed by atoms with van der Waals surface area (Å²) >= 11 is 1.43. The molecule has 0 saturated heterocycles. The van der Waals surface area contributed by atoms with Crippen LogP contribution in [0.15, 0.2) is 52.3 Å². The maximum atomic E-state index is 13.4. The first-order valence-electron chi connectivity index (χ1n) is 5.97. The third kappa shape index (κ3) is 3.48. The molecule has 1 N–H and O–H groups in total. The van der Waals surface area contributed by atoms with Crippen molar-refractivity contribution in [3.63, 3.8) is 0 Å². The van der Waals surface area contributed by atoms with Crippen LogP contribution in [0.25, 0.3) is 0 Å². The first-order valence-corrected chi connectivity index (χ1v) is 8.68. The molecule has 2 rings (SSSR count). The number of methoxy groups -OCH3 is 1. The monoisotopic (exact) mass is 327 g/mol. The van der Waals surface area contributed by atoms with Gasteiger partial charge in [0, 0.05) is 11.0 Å². The first kappa shape index (κ1) is 15.7. The first-order chi connectivity index (χ1) is 9.97. The van der Waals surface area contributed by atoms with Gasteiger partial charge in [-0.3, -0.25) is 4.72 Å². The Morgan fingerprint density at radius 1 is 1.19 bits per heavy atom. The van der Waals surface area contributed by atoms with Crippen LogP contribution in [0.1, 0.15) is 0 Å². The lowest BCUT2D eigenvalue weighted by molar-refractivity contribution is 0.385. The summed E-state index contributed by atoms with van der Waals surface area (Å²) < 4.78 is 45.4. The van der Waals surface area contributed by atoms with Gasteiger partial charge in [-0.15, -0.1) is 11.8 Å². The SMILES string of the molecule is COc1cc(S(=O)(=O)Nc2ccccc2SC)ccc1F. The number of benzene rings is 2. The Hall–Kier alpha value is -1.73. The molecule has 0 saturated carbocycles. The minimum Gasteiger partial charge on any atom is -0.494 e. The fourth-order valence-electron chi connectivity index (χ4n) is 1.74. The number of ether oxygens (including phenoxy) is 1. The third-order valence-electron chi connectivity index (χ3n) is 2.78. The van der Waals surface area contributed by atoms with Crippen molar-refractivity contribution in [2.75, 3.05) is 18.1 Å². The van der Waals surface area contributed by atoms with E-state index in [2.05, 4.69) is 4.72 Å². The molecule has 0 amide bonds. The number of rotatable bonds is 5. The number of anilines is 1. The average molecular weight is 327 g/mol. The third-order valence-corrected chi connectivity index (χ3v) is 4.94. The van der Waals surface area contributed by atoms with Crippen LogP contribution >= 0.6 is 11.8 Å². The van der Waals surface area contributed by atoms with Gasteiger partial charge in [0.25, 0.3) is 10.0 Å². The van der Waals surface area contributed by atoms with Gasteiger partial charge in [-0.05, 0) is 30.5 Å². The smallest absolute Gasteiger partial charge is 0.262 e. The van der Waals surface area contributed by atoms with E-state index in [1.807, 2.05) is 18.4 Å². The van der Waals surface area contributed by atoms with E-state index in [0.29, 0.717) is 5.69 Å². The van der Waals surface area contributed by atoms with E-state index in [1.54, 1.807) is 12.1 Å². The van der Waals surface area contributed by atoms with Gasteiger partial charge in [0.05, 0.1) is 17.7 Å². The number of halogens is 1. The zero-order valence-corrected chi connectivity index (χ0v) is 13.1. The lowest BCUT2D eigenvalue weighted by Gasteiger charge is -2.12.